The van der Waals surface area contributed by atoms with Gasteiger partial charge < -0.3 is 14.3 Å². The van der Waals surface area contributed by atoms with Gasteiger partial charge in [-0.3, -0.25) is 0 Å². The van der Waals surface area contributed by atoms with Gasteiger partial charge in [-0.05, 0) is 48.0 Å². The van der Waals surface area contributed by atoms with Crippen molar-refractivity contribution < 1.29 is 32.3 Å². The van der Waals surface area contributed by atoms with E-state index in [2.05, 4.69) is 5.16 Å². The van der Waals surface area contributed by atoms with Crippen molar-refractivity contribution in [2.24, 2.45) is 5.16 Å². The molecular weight excluding hydrogens is 411 g/mol. The minimum atomic E-state index is -4.48. The second kappa shape index (κ2) is 9.80. The Bertz CT molecular complexity index is 1050. The van der Waals surface area contributed by atoms with Crippen LogP contribution in [0.15, 0.2) is 78.0 Å². The largest absolute Gasteiger partial charge is 0.493 e. The highest BCUT2D eigenvalue weighted by Crippen LogP contribution is 2.29. The Morgan fingerprint density at radius 3 is 2.32 bits per heavy atom. The van der Waals surface area contributed by atoms with E-state index in [1.807, 2.05) is 30.3 Å². The normalized spacial score (nSPS) is 11.4. The van der Waals surface area contributed by atoms with Gasteiger partial charge in [-0.2, -0.15) is 13.2 Å². The van der Waals surface area contributed by atoms with Crippen LogP contribution in [0.4, 0.5) is 13.2 Å². The van der Waals surface area contributed by atoms with Crippen LogP contribution in [-0.2, 0) is 17.6 Å². The molecule has 0 aliphatic rings. The number of ether oxygens (including phenoxy) is 2. The minimum Gasteiger partial charge on any atom is -0.493 e. The summed E-state index contributed by atoms with van der Waals surface area (Å²) < 4.78 is 48.8. The van der Waals surface area contributed by atoms with Gasteiger partial charge in [0.05, 0.1) is 24.5 Å². The first-order chi connectivity index (χ1) is 14.9. The third kappa shape index (κ3) is 6.08. The molecule has 0 fully saturated rings. The van der Waals surface area contributed by atoms with Crippen LogP contribution in [0.1, 0.15) is 27.0 Å². The lowest BCUT2D eigenvalue weighted by Gasteiger charge is -2.11. The van der Waals surface area contributed by atoms with E-state index in [-0.39, 0.29) is 5.56 Å². The predicted molar refractivity (Wildman–Crippen MR) is 108 cm³/mol. The number of methoxy groups -OCH3 is 1. The molecule has 0 spiro atoms. The quantitative estimate of drug-likeness (QED) is 0.283. The molecular formula is C23H18F3NO4. The molecule has 0 aromatic heterocycles. The standard InChI is InChI=1S/C23H18F3NO4/c1-29-21-13-17(7-12-20(21)30-15-16-5-3-2-4-6-16)14-27-31-22(28)18-8-10-19(11-9-18)23(24,25)26/h2-14H,15H2,1H3/b27-14+. The fourth-order valence-corrected chi connectivity index (χ4v) is 2.60. The summed E-state index contributed by atoms with van der Waals surface area (Å²) in [5.41, 5.74) is 0.677. The van der Waals surface area contributed by atoms with E-state index in [9.17, 15) is 18.0 Å². The summed E-state index contributed by atoms with van der Waals surface area (Å²) in [5, 5.41) is 3.59. The van der Waals surface area contributed by atoms with Crippen molar-refractivity contribution in [3.8, 4) is 11.5 Å². The van der Waals surface area contributed by atoms with Crippen molar-refractivity contribution in [1.82, 2.24) is 0 Å². The Balaban J connectivity index is 1.60. The predicted octanol–water partition coefficient (Wildman–Crippen LogP) is 5.48. The SMILES string of the molecule is COc1cc(/C=N/OC(=O)c2ccc(C(F)(F)F)cc2)ccc1OCc1ccccc1. The number of oxime groups is 1. The number of nitrogens with zero attached hydrogens (tertiary/aromatic N) is 1. The van der Waals surface area contributed by atoms with Crippen LogP contribution in [0, 0.1) is 0 Å². The maximum Gasteiger partial charge on any atom is 0.416 e. The van der Waals surface area contributed by atoms with Crippen LogP contribution in [0.25, 0.3) is 0 Å². The molecule has 0 radical (unpaired) electrons. The number of carbonyl (C=O) groups is 1. The highest BCUT2D eigenvalue weighted by Gasteiger charge is 2.30. The summed E-state index contributed by atoms with van der Waals surface area (Å²) in [7, 11) is 1.50. The summed E-state index contributed by atoms with van der Waals surface area (Å²) >= 11 is 0. The first-order valence-corrected chi connectivity index (χ1v) is 9.13. The molecule has 3 rings (SSSR count). The van der Waals surface area contributed by atoms with Crippen LogP contribution in [-0.4, -0.2) is 19.3 Å². The second-order valence-electron chi connectivity index (χ2n) is 6.37. The van der Waals surface area contributed by atoms with Crippen molar-refractivity contribution in [2.45, 2.75) is 12.8 Å². The molecule has 0 unspecified atom stereocenters. The lowest BCUT2D eigenvalue weighted by Crippen LogP contribution is -2.06. The first kappa shape index (κ1) is 21.9. The van der Waals surface area contributed by atoms with E-state index < -0.39 is 17.7 Å². The third-order valence-electron chi connectivity index (χ3n) is 4.21. The van der Waals surface area contributed by atoms with E-state index >= 15 is 0 Å². The van der Waals surface area contributed by atoms with E-state index in [1.54, 1.807) is 18.2 Å². The smallest absolute Gasteiger partial charge is 0.416 e. The van der Waals surface area contributed by atoms with Crippen LogP contribution in [0.3, 0.4) is 0 Å². The van der Waals surface area contributed by atoms with E-state index in [0.717, 1.165) is 29.8 Å². The molecule has 31 heavy (non-hydrogen) atoms. The zero-order valence-electron chi connectivity index (χ0n) is 16.4. The number of alkyl halides is 3. The molecule has 0 aliphatic heterocycles. The lowest BCUT2D eigenvalue weighted by molar-refractivity contribution is -0.137. The van der Waals surface area contributed by atoms with E-state index in [1.165, 1.54) is 13.3 Å². The summed E-state index contributed by atoms with van der Waals surface area (Å²) in [6.07, 6.45) is -3.19. The highest BCUT2D eigenvalue weighted by molar-refractivity contribution is 5.90. The molecule has 0 atom stereocenters. The zero-order valence-corrected chi connectivity index (χ0v) is 16.4. The first-order valence-electron chi connectivity index (χ1n) is 9.13. The molecule has 3 aromatic carbocycles. The van der Waals surface area contributed by atoms with Crippen molar-refractivity contribution in [1.29, 1.82) is 0 Å². The fourth-order valence-electron chi connectivity index (χ4n) is 2.60. The molecule has 0 aliphatic carbocycles. The molecule has 3 aromatic rings. The monoisotopic (exact) mass is 429 g/mol. The lowest BCUT2D eigenvalue weighted by atomic mass is 10.1. The molecule has 0 saturated carbocycles. The maximum absolute atomic E-state index is 12.6. The number of halogens is 3. The molecule has 5 nitrogen and oxygen atoms in total. The molecule has 0 saturated heterocycles. The van der Waals surface area contributed by atoms with Gasteiger partial charge in [-0.1, -0.05) is 35.5 Å². The number of benzene rings is 3. The van der Waals surface area contributed by atoms with Gasteiger partial charge >= 0.3 is 12.1 Å². The van der Waals surface area contributed by atoms with Gasteiger partial charge in [-0.25, -0.2) is 4.79 Å². The number of rotatable bonds is 7. The molecule has 8 heteroatoms. The Hall–Kier alpha value is -3.81. The van der Waals surface area contributed by atoms with Gasteiger partial charge in [-0.15, -0.1) is 0 Å². The molecule has 0 N–H and O–H groups in total. The Morgan fingerprint density at radius 1 is 0.968 bits per heavy atom. The van der Waals surface area contributed by atoms with E-state index in [0.29, 0.717) is 23.7 Å². The molecule has 0 amide bonds. The Kier molecular flexibility index (Phi) is 6.92. The summed E-state index contributed by atoms with van der Waals surface area (Å²) in [6, 6.07) is 18.3. The molecule has 160 valence electrons. The van der Waals surface area contributed by atoms with Gasteiger partial charge in [0.1, 0.15) is 6.61 Å². The minimum absolute atomic E-state index is 0.0487. The second-order valence-corrected chi connectivity index (χ2v) is 6.37. The Labute approximate surface area is 176 Å². The van der Waals surface area contributed by atoms with Gasteiger partial charge in [0, 0.05) is 5.56 Å². The van der Waals surface area contributed by atoms with Crippen molar-refractivity contribution in [3.05, 3.63) is 95.1 Å². The van der Waals surface area contributed by atoms with Gasteiger partial charge in [0.2, 0.25) is 0 Å². The number of carbonyl (C=O) groups excluding carboxylic acids is 1. The topological polar surface area (TPSA) is 57.1 Å². The van der Waals surface area contributed by atoms with Gasteiger partial charge in [0.25, 0.3) is 0 Å². The Morgan fingerprint density at radius 2 is 1.68 bits per heavy atom. The maximum atomic E-state index is 12.6. The van der Waals surface area contributed by atoms with Crippen LogP contribution < -0.4 is 9.47 Å². The van der Waals surface area contributed by atoms with Crippen LogP contribution >= 0.6 is 0 Å². The average molecular weight is 429 g/mol. The van der Waals surface area contributed by atoms with Crippen molar-refractivity contribution >= 4 is 12.2 Å². The number of hydrogen-bond donors (Lipinski definition) is 0. The van der Waals surface area contributed by atoms with Crippen molar-refractivity contribution in [3.63, 3.8) is 0 Å². The molecule has 0 heterocycles. The fraction of sp³-hybridized carbons (Fsp3) is 0.130. The molecule has 0 bridgehead atoms. The van der Waals surface area contributed by atoms with E-state index in [4.69, 9.17) is 14.3 Å². The van der Waals surface area contributed by atoms with Gasteiger partial charge in [0.15, 0.2) is 11.5 Å². The van der Waals surface area contributed by atoms with Crippen LogP contribution in [0.2, 0.25) is 0 Å². The zero-order chi connectivity index (χ0) is 22.3. The summed E-state index contributed by atoms with van der Waals surface area (Å²) in [6.45, 7) is 0.370. The average Bonchev–Trinajstić information content (AvgIpc) is 2.78. The van der Waals surface area contributed by atoms with Crippen LogP contribution in [0.5, 0.6) is 11.5 Å². The highest BCUT2D eigenvalue weighted by atomic mass is 19.4. The summed E-state index contributed by atoms with van der Waals surface area (Å²) in [4.78, 5) is 16.7. The third-order valence-corrected chi connectivity index (χ3v) is 4.21. The number of hydrogen-bond acceptors (Lipinski definition) is 5. The summed E-state index contributed by atoms with van der Waals surface area (Å²) in [5.74, 6) is 0.124. The van der Waals surface area contributed by atoms with Crippen molar-refractivity contribution in [2.75, 3.05) is 7.11 Å².